The Hall–Kier alpha value is -0.710. The number of aliphatic carboxylic acids is 3. The Morgan fingerprint density at radius 2 is 1.32 bits per heavy atom. The summed E-state index contributed by atoms with van der Waals surface area (Å²) in [6.07, 6.45) is 0. The maximum atomic E-state index is 10.5. The molecule has 0 bridgehead atoms. The van der Waals surface area contributed by atoms with E-state index >= 15 is 0 Å². The van der Waals surface area contributed by atoms with Crippen molar-refractivity contribution in [3.05, 3.63) is 0 Å². The number of carboxylic acid groups (broad SMARTS) is 3. The number of carbonyl (C=O) groups excluding carboxylic acids is 1. The molecule has 0 heterocycles. The number of aliphatic hydroxyl groups excluding tert-OH is 1. The average molecular weight is 286 g/mol. The van der Waals surface area contributed by atoms with Gasteiger partial charge in [-0.25, -0.2) is 0 Å². The largest absolute Gasteiger partial charge is 1.00 e. The molecule has 0 aromatic heterocycles. The van der Waals surface area contributed by atoms with Crippen molar-refractivity contribution >= 4 is 17.9 Å². The van der Waals surface area contributed by atoms with Crippen LogP contribution in [0, 0.1) is 0 Å². The molecule has 0 radical (unpaired) electrons. The second kappa shape index (κ2) is 11.1. The minimum absolute atomic E-state index is 0. The molecule has 0 aliphatic rings. The van der Waals surface area contributed by atoms with E-state index in [1.165, 1.54) is 0 Å². The number of hydrogen-bond donors (Lipinski definition) is 3. The van der Waals surface area contributed by atoms with Crippen LogP contribution in [0.1, 0.15) is 0 Å². The van der Waals surface area contributed by atoms with Gasteiger partial charge in [0.1, 0.15) is 0 Å². The van der Waals surface area contributed by atoms with E-state index in [0.717, 1.165) is 9.80 Å². The van der Waals surface area contributed by atoms with Crippen LogP contribution in [0.3, 0.4) is 0 Å². The first-order chi connectivity index (χ1) is 8.35. The monoisotopic (exact) mass is 286 g/mol. The second-order valence-corrected chi connectivity index (χ2v) is 3.56. The Morgan fingerprint density at radius 3 is 1.63 bits per heavy atom. The number of nitrogens with zero attached hydrogens (tertiary/aromatic N) is 2. The predicted octanol–water partition coefficient (Wildman–Crippen LogP) is -6.54. The first-order valence-corrected chi connectivity index (χ1v) is 5.04. The van der Waals surface area contributed by atoms with E-state index in [0.29, 0.717) is 0 Å². The van der Waals surface area contributed by atoms with Gasteiger partial charge in [-0.05, 0) is 0 Å². The average Bonchev–Trinajstić information content (AvgIpc) is 2.21. The summed E-state index contributed by atoms with van der Waals surface area (Å²) < 4.78 is 0. The summed E-state index contributed by atoms with van der Waals surface area (Å²) in [5.41, 5.74) is 0. The Kier molecular flexibility index (Phi) is 12.1. The molecule has 9 nitrogen and oxygen atoms in total. The SMILES string of the molecule is O=C([O-])CN(CO)CCN(CC(=O)O)CC(=O)O.[Na+]. The minimum atomic E-state index is -1.38. The molecular formula is C9H15N2NaO7. The summed E-state index contributed by atoms with van der Waals surface area (Å²) in [6, 6.07) is 0. The first kappa shape index (κ1) is 20.6. The van der Waals surface area contributed by atoms with Crippen molar-refractivity contribution in [1.82, 2.24) is 9.80 Å². The third-order valence-corrected chi connectivity index (χ3v) is 2.00. The smallest absolute Gasteiger partial charge is 0.549 e. The maximum absolute atomic E-state index is 10.5. The molecule has 0 unspecified atom stereocenters. The van der Waals surface area contributed by atoms with Crippen LogP contribution in [-0.2, 0) is 14.4 Å². The van der Waals surface area contributed by atoms with Crippen LogP contribution in [0.2, 0.25) is 0 Å². The van der Waals surface area contributed by atoms with Gasteiger partial charge in [0, 0.05) is 19.6 Å². The quantitative estimate of drug-likeness (QED) is 0.264. The van der Waals surface area contributed by atoms with E-state index in [2.05, 4.69) is 0 Å². The van der Waals surface area contributed by atoms with E-state index < -0.39 is 44.3 Å². The predicted molar refractivity (Wildman–Crippen MR) is 55.4 cm³/mol. The molecule has 0 fully saturated rings. The molecule has 0 atom stereocenters. The van der Waals surface area contributed by atoms with Crippen LogP contribution in [0.5, 0.6) is 0 Å². The molecule has 0 aliphatic heterocycles. The number of hydrogen-bond acceptors (Lipinski definition) is 7. The number of carboxylic acids is 3. The molecule has 0 saturated heterocycles. The van der Waals surface area contributed by atoms with E-state index in [-0.39, 0.29) is 42.6 Å². The number of carbonyl (C=O) groups is 3. The zero-order valence-electron chi connectivity index (χ0n) is 10.6. The number of rotatable bonds is 10. The second-order valence-electron chi connectivity index (χ2n) is 3.56. The third kappa shape index (κ3) is 12.1. The summed E-state index contributed by atoms with van der Waals surface area (Å²) in [5.74, 6) is -3.76. The van der Waals surface area contributed by atoms with E-state index in [4.69, 9.17) is 15.3 Å². The fourth-order valence-corrected chi connectivity index (χ4v) is 1.26. The molecule has 104 valence electrons. The van der Waals surface area contributed by atoms with Crippen molar-refractivity contribution in [2.75, 3.05) is 39.5 Å². The molecule has 0 aliphatic carbocycles. The van der Waals surface area contributed by atoms with Gasteiger partial charge in [-0.3, -0.25) is 19.4 Å². The Bertz CT molecular complexity index is 297. The molecule has 0 aromatic rings. The first-order valence-electron chi connectivity index (χ1n) is 5.04. The summed E-state index contributed by atoms with van der Waals surface area (Å²) in [4.78, 5) is 33.5. The van der Waals surface area contributed by atoms with E-state index in [1.807, 2.05) is 0 Å². The number of aliphatic hydroxyl groups is 1. The maximum Gasteiger partial charge on any atom is 1.00 e. The zero-order valence-corrected chi connectivity index (χ0v) is 12.6. The van der Waals surface area contributed by atoms with Crippen molar-refractivity contribution in [3.63, 3.8) is 0 Å². The van der Waals surface area contributed by atoms with Crippen molar-refractivity contribution in [3.8, 4) is 0 Å². The van der Waals surface area contributed by atoms with Crippen molar-refractivity contribution in [1.29, 1.82) is 0 Å². The van der Waals surface area contributed by atoms with E-state index in [1.54, 1.807) is 0 Å². The van der Waals surface area contributed by atoms with Gasteiger partial charge in [0.25, 0.3) is 0 Å². The molecule has 10 heteroatoms. The molecule has 0 spiro atoms. The van der Waals surface area contributed by atoms with E-state index in [9.17, 15) is 19.5 Å². The Balaban J connectivity index is 0. The minimum Gasteiger partial charge on any atom is -0.549 e. The van der Waals surface area contributed by atoms with Crippen LogP contribution in [-0.4, -0.2) is 82.5 Å². The fourth-order valence-electron chi connectivity index (χ4n) is 1.26. The van der Waals surface area contributed by atoms with Crippen LogP contribution in [0.25, 0.3) is 0 Å². The summed E-state index contributed by atoms with van der Waals surface area (Å²) in [6.45, 7) is -1.97. The molecule has 0 aromatic carbocycles. The van der Waals surface area contributed by atoms with Gasteiger partial charge in [-0.15, -0.1) is 0 Å². The molecule has 0 rings (SSSR count). The van der Waals surface area contributed by atoms with Gasteiger partial charge >= 0.3 is 41.5 Å². The molecule has 19 heavy (non-hydrogen) atoms. The molecule has 0 saturated carbocycles. The summed E-state index contributed by atoms with van der Waals surface area (Å²) >= 11 is 0. The third-order valence-electron chi connectivity index (χ3n) is 2.00. The van der Waals surface area contributed by atoms with Crippen LogP contribution >= 0.6 is 0 Å². The zero-order chi connectivity index (χ0) is 14.1. The Labute approximate surface area is 131 Å². The molecule has 0 amide bonds. The standard InChI is InChI=1S/C9H16N2O7.Na/c12-6-11(5-9(17)18)2-1-10(3-7(13)14)4-8(15)16;/h12H,1-6H2,(H,13,14)(H,15,16)(H,17,18);/q;+1/p-1. The van der Waals surface area contributed by atoms with Gasteiger partial charge in [0.15, 0.2) is 0 Å². The van der Waals surface area contributed by atoms with Gasteiger partial charge in [-0.2, -0.15) is 0 Å². The van der Waals surface area contributed by atoms with Crippen molar-refractivity contribution in [2.24, 2.45) is 0 Å². The van der Waals surface area contributed by atoms with Gasteiger partial charge in [-0.1, -0.05) is 0 Å². The van der Waals surface area contributed by atoms with Gasteiger partial charge in [0.2, 0.25) is 0 Å². The van der Waals surface area contributed by atoms with Crippen LogP contribution in [0.4, 0.5) is 0 Å². The summed E-state index contributed by atoms with van der Waals surface area (Å²) in [5, 5.41) is 36.3. The Morgan fingerprint density at radius 1 is 0.895 bits per heavy atom. The van der Waals surface area contributed by atoms with Gasteiger partial charge in [0.05, 0.1) is 25.8 Å². The van der Waals surface area contributed by atoms with Crippen molar-refractivity contribution < 1.29 is 64.4 Å². The summed E-state index contributed by atoms with van der Waals surface area (Å²) in [7, 11) is 0. The van der Waals surface area contributed by atoms with Crippen LogP contribution in [0.15, 0.2) is 0 Å². The fraction of sp³-hybridized carbons (Fsp3) is 0.667. The normalized spacial score (nSPS) is 10.3. The molecule has 3 N–H and O–H groups in total. The van der Waals surface area contributed by atoms with Crippen LogP contribution < -0.4 is 34.7 Å². The molecular weight excluding hydrogens is 271 g/mol. The van der Waals surface area contributed by atoms with Crippen molar-refractivity contribution in [2.45, 2.75) is 0 Å². The topological polar surface area (TPSA) is 141 Å². The van der Waals surface area contributed by atoms with Gasteiger partial charge < -0.3 is 25.2 Å².